The average molecular weight is 332 g/mol. The molecule has 0 saturated heterocycles. The number of nitrogens with one attached hydrogen (secondary N) is 1. The van der Waals surface area contributed by atoms with Crippen LogP contribution in [0.1, 0.15) is 38.1 Å². The van der Waals surface area contributed by atoms with Gasteiger partial charge in [0, 0.05) is 30.4 Å². The van der Waals surface area contributed by atoms with Crippen molar-refractivity contribution in [2.45, 2.75) is 27.7 Å². The van der Waals surface area contributed by atoms with Crippen LogP contribution in [0.3, 0.4) is 0 Å². The summed E-state index contributed by atoms with van der Waals surface area (Å²) in [5.41, 5.74) is 1.90. The lowest BCUT2D eigenvalue weighted by Crippen LogP contribution is -2.30. The van der Waals surface area contributed by atoms with Crippen LogP contribution in [0.15, 0.2) is 35.9 Å². The van der Waals surface area contributed by atoms with Gasteiger partial charge in [-0.3, -0.25) is 9.59 Å². The molecule has 0 bridgehead atoms. The highest BCUT2D eigenvalue weighted by Gasteiger charge is 2.12. The van der Waals surface area contributed by atoms with Crippen molar-refractivity contribution in [2.75, 3.05) is 25.0 Å². The van der Waals surface area contributed by atoms with Crippen molar-refractivity contribution in [1.82, 2.24) is 4.90 Å². The van der Waals surface area contributed by atoms with E-state index in [0.29, 0.717) is 24.3 Å². The lowest BCUT2D eigenvalue weighted by Gasteiger charge is -2.18. The minimum atomic E-state index is -0.551. The number of benzene rings is 1. The molecule has 6 heteroatoms. The standard InChI is InChI=1S/C18H24N2O4/c1-5-20(6-2)18(23)14-7-9-15(10-8-14)19-16(21)12-24-17(22)11-13(3)4/h7-11H,5-6,12H2,1-4H3,(H,19,21). The Labute approximate surface area is 142 Å². The zero-order chi connectivity index (χ0) is 18.1. The maximum atomic E-state index is 12.2. The summed E-state index contributed by atoms with van der Waals surface area (Å²) in [6, 6.07) is 6.61. The molecule has 0 aliphatic carbocycles. The molecule has 24 heavy (non-hydrogen) atoms. The molecule has 1 rings (SSSR count). The number of allylic oxidation sites excluding steroid dienone is 1. The number of amides is 2. The molecule has 0 aliphatic heterocycles. The Kier molecular flexibility index (Phi) is 7.68. The number of anilines is 1. The van der Waals surface area contributed by atoms with Crippen molar-refractivity contribution >= 4 is 23.5 Å². The van der Waals surface area contributed by atoms with E-state index in [1.54, 1.807) is 43.0 Å². The van der Waals surface area contributed by atoms with Crippen LogP contribution in [0.5, 0.6) is 0 Å². The number of hydrogen-bond acceptors (Lipinski definition) is 4. The number of hydrogen-bond donors (Lipinski definition) is 1. The van der Waals surface area contributed by atoms with Crippen LogP contribution in [0.2, 0.25) is 0 Å². The van der Waals surface area contributed by atoms with Gasteiger partial charge in [-0.2, -0.15) is 0 Å². The minimum absolute atomic E-state index is 0.0477. The second-order valence-corrected chi connectivity index (χ2v) is 5.43. The van der Waals surface area contributed by atoms with Crippen molar-refractivity contribution in [1.29, 1.82) is 0 Å². The van der Waals surface area contributed by atoms with Crippen LogP contribution in [0.4, 0.5) is 5.69 Å². The second kappa shape index (κ2) is 9.50. The number of nitrogens with zero attached hydrogens (tertiary/aromatic N) is 1. The van der Waals surface area contributed by atoms with Crippen LogP contribution < -0.4 is 5.32 Å². The van der Waals surface area contributed by atoms with Gasteiger partial charge in [0.1, 0.15) is 0 Å². The molecule has 0 heterocycles. The summed E-state index contributed by atoms with van der Waals surface area (Å²) in [5.74, 6) is -1.04. The summed E-state index contributed by atoms with van der Waals surface area (Å²) >= 11 is 0. The molecule has 2 amide bonds. The molecule has 6 nitrogen and oxygen atoms in total. The van der Waals surface area contributed by atoms with Crippen molar-refractivity contribution in [3.63, 3.8) is 0 Å². The second-order valence-electron chi connectivity index (χ2n) is 5.43. The predicted molar refractivity (Wildman–Crippen MR) is 92.7 cm³/mol. The SMILES string of the molecule is CCN(CC)C(=O)c1ccc(NC(=O)COC(=O)C=C(C)C)cc1. The van der Waals surface area contributed by atoms with Gasteiger partial charge < -0.3 is 15.0 Å². The average Bonchev–Trinajstić information content (AvgIpc) is 2.54. The van der Waals surface area contributed by atoms with Gasteiger partial charge in [0.15, 0.2) is 6.61 Å². The Morgan fingerprint density at radius 3 is 2.17 bits per heavy atom. The molecule has 130 valence electrons. The van der Waals surface area contributed by atoms with E-state index in [4.69, 9.17) is 4.74 Å². The first kappa shape index (κ1) is 19.4. The third kappa shape index (κ3) is 6.24. The van der Waals surface area contributed by atoms with Crippen LogP contribution >= 0.6 is 0 Å². The Balaban J connectivity index is 2.58. The van der Waals surface area contributed by atoms with E-state index >= 15 is 0 Å². The van der Waals surface area contributed by atoms with E-state index in [1.165, 1.54) is 6.08 Å². The summed E-state index contributed by atoms with van der Waals surface area (Å²) in [6.45, 7) is 8.31. The molecule has 1 aromatic rings. The molecule has 1 aromatic carbocycles. The number of ether oxygens (including phenoxy) is 1. The summed E-state index contributed by atoms with van der Waals surface area (Å²) in [7, 11) is 0. The molecule has 0 spiro atoms. The topological polar surface area (TPSA) is 75.7 Å². The molecule has 0 unspecified atom stereocenters. The van der Waals surface area contributed by atoms with Gasteiger partial charge in [-0.05, 0) is 52.0 Å². The van der Waals surface area contributed by atoms with Crippen molar-refractivity contribution in [2.24, 2.45) is 0 Å². The molecule has 0 fully saturated rings. The number of carbonyl (C=O) groups is 3. The van der Waals surface area contributed by atoms with Crippen LogP contribution in [0.25, 0.3) is 0 Å². The Morgan fingerprint density at radius 1 is 1.08 bits per heavy atom. The Hall–Kier alpha value is -2.63. The van der Waals surface area contributed by atoms with E-state index in [0.717, 1.165) is 5.57 Å². The van der Waals surface area contributed by atoms with E-state index in [-0.39, 0.29) is 12.5 Å². The number of rotatable bonds is 7. The molecule has 0 saturated carbocycles. The zero-order valence-electron chi connectivity index (χ0n) is 14.6. The van der Waals surface area contributed by atoms with Gasteiger partial charge in [0.2, 0.25) is 0 Å². The van der Waals surface area contributed by atoms with Crippen molar-refractivity contribution < 1.29 is 19.1 Å². The van der Waals surface area contributed by atoms with E-state index < -0.39 is 11.9 Å². The molecular weight excluding hydrogens is 308 g/mol. The normalized spacial score (nSPS) is 9.83. The summed E-state index contributed by atoms with van der Waals surface area (Å²) in [4.78, 5) is 37.0. The molecule has 0 radical (unpaired) electrons. The summed E-state index contributed by atoms with van der Waals surface area (Å²) < 4.78 is 4.82. The van der Waals surface area contributed by atoms with Gasteiger partial charge in [-0.25, -0.2) is 4.79 Å². The minimum Gasteiger partial charge on any atom is -0.452 e. The van der Waals surface area contributed by atoms with Crippen molar-refractivity contribution in [3.05, 3.63) is 41.5 Å². The third-order valence-corrected chi connectivity index (χ3v) is 3.22. The predicted octanol–water partition coefficient (Wildman–Crippen LogP) is 2.62. The fourth-order valence-electron chi connectivity index (χ4n) is 2.00. The van der Waals surface area contributed by atoms with Gasteiger partial charge in [-0.1, -0.05) is 5.57 Å². The highest BCUT2D eigenvalue weighted by atomic mass is 16.5. The lowest BCUT2D eigenvalue weighted by atomic mass is 10.2. The first-order chi connectivity index (χ1) is 11.4. The fourth-order valence-corrected chi connectivity index (χ4v) is 2.00. The maximum Gasteiger partial charge on any atom is 0.331 e. The fraction of sp³-hybridized carbons (Fsp3) is 0.389. The third-order valence-electron chi connectivity index (χ3n) is 3.22. The highest BCUT2D eigenvalue weighted by Crippen LogP contribution is 2.11. The highest BCUT2D eigenvalue weighted by molar-refractivity contribution is 5.96. The molecule has 0 atom stereocenters. The first-order valence-corrected chi connectivity index (χ1v) is 7.88. The van der Waals surface area contributed by atoms with Crippen LogP contribution in [-0.2, 0) is 14.3 Å². The largest absolute Gasteiger partial charge is 0.452 e. The monoisotopic (exact) mass is 332 g/mol. The first-order valence-electron chi connectivity index (χ1n) is 7.88. The Bertz CT molecular complexity index is 612. The van der Waals surface area contributed by atoms with Gasteiger partial charge in [0.25, 0.3) is 11.8 Å². The van der Waals surface area contributed by atoms with Gasteiger partial charge in [0.05, 0.1) is 0 Å². The van der Waals surface area contributed by atoms with E-state index in [9.17, 15) is 14.4 Å². The molecule has 0 aliphatic rings. The summed E-state index contributed by atoms with van der Waals surface area (Å²) in [5, 5.41) is 2.61. The van der Waals surface area contributed by atoms with E-state index in [1.807, 2.05) is 13.8 Å². The van der Waals surface area contributed by atoms with Gasteiger partial charge in [-0.15, -0.1) is 0 Å². The zero-order valence-corrected chi connectivity index (χ0v) is 14.6. The van der Waals surface area contributed by atoms with Crippen LogP contribution in [-0.4, -0.2) is 42.4 Å². The molecule has 0 aromatic heterocycles. The van der Waals surface area contributed by atoms with Crippen LogP contribution in [0, 0.1) is 0 Å². The van der Waals surface area contributed by atoms with E-state index in [2.05, 4.69) is 5.32 Å². The number of esters is 1. The molecular formula is C18H24N2O4. The quantitative estimate of drug-likeness (QED) is 0.615. The smallest absolute Gasteiger partial charge is 0.331 e. The number of carbonyl (C=O) groups excluding carboxylic acids is 3. The van der Waals surface area contributed by atoms with Gasteiger partial charge >= 0.3 is 5.97 Å². The summed E-state index contributed by atoms with van der Waals surface area (Å²) in [6.07, 6.45) is 1.32. The Morgan fingerprint density at radius 2 is 1.67 bits per heavy atom. The lowest BCUT2D eigenvalue weighted by molar-refractivity contribution is -0.142. The maximum absolute atomic E-state index is 12.2. The van der Waals surface area contributed by atoms with Crippen molar-refractivity contribution in [3.8, 4) is 0 Å². The molecule has 1 N–H and O–H groups in total.